The zero-order valence-corrected chi connectivity index (χ0v) is 10.3. The summed E-state index contributed by atoms with van der Waals surface area (Å²) >= 11 is 0. The van der Waals surface area contributed by atoms with Gasteiger partial charge in [-0.2, -0.15) is 4.98 Å². The lowest BCUT2D eigenvalue weighted by atomic mass is 10.2. The standard InChI is InChI=1S/C11H19N3O3/c1-3-9(15)6-7-12-10(16)4-5-11-13-8(2)14-17-11/h9,15H,3-7H2,1-2H3,(H,12,16). The average molecular weight is 241 g/mol. The Labute approximate surface area is 100 Å². The van der Waals surface area contributed by atoms with Gasteiger partial charge in [-0.05, 0) is 19.8 Å². The minimum Gasteiger partial charge on any atom is -0.393 e. The van der Waals surface area contributed by atoms with Gasteiger partial charge < -0.3 is 14.9 Å². The van der Waals surface area contributed by atoms with Gasteiger partial charge in [-0.1, -0.05) is 12.1 Å². The number of hydrogen-bond acceptors (Lipinski definition) is 5. The van der Waals surface area contributed by atoms with Crippen molar-refractivity contribution in [3.05, 3.63) is 11.7 Å². The summed E-state index contributed by atoms with van der Waals surface area (Å²) in [7, 11) is 0. The number of aliphatic hydroxyl groups excluding tert-OH is 1. The molecule has 1 unspecified atom stereocenters. The molecule has 1 rings (SSSR count). The van der Waals surface area contributed by atoms with Crippen molar-refractivity contribution in [2.75, 3.05) is 6.54 Å². The van der Waals surface area contributed by atoms with E-state index in [2.05, 4.69) is 15.5 Å². The van der Waals surface area contributed by atoms with Crippen molar-refractivity contribution in [1.29, 1.82) is 0 Å². The van der Waals surface area contributed by atoms with Crippen LogP contribution in [-0.2, 0) is 11.2 Å². The largest absolute Gasteiger partial charge is 0.393 e. The molecule has 1 aromatic rings. The molecular weight excluding hydrogens is 222 g/mol. The van der Waals surface area contributed by atoms with Gasteiger partial charge in [0.05, 0.1) is 6.10 Å². The first-order chi connectivity index (χ1) is 8.11. The molecule has 0 fully saturated rings. The molecule has 1 heterocycles. The van der Waals surface area contributed by atoms with E-state index >= 15 is 0 Å². The van der Waals surface area contributed by atoms with E-state index in [9.17, 15) is 9.90 Å². The van der Waals surface area contributed by atoms with Crippen molar-refractivity contribution in [2.24, 2.45) is 0 Å². The lowest BCUT2D eigenvalue weighted by molar-refractivity contribution is -0.121. The van der Waals surface area contributed by atoms with E-state index in [0.29, 0.717) is 43.9 Å². The van der Waals surface area contributed by atoms with Crippen LogP contribution < -0.4 is 5.32 Å². The highest BCUT2D eigenvalue weighted by molar-refractivity contribution is 5.75. The molecule has 0 aliphatic carbocycles. The maximum Gasteiger partial charge on any atom is 0.227 e. The molecule has 2 N–H and O–H groups in total. The van der Waals surface area contributed by atoms with Gasteiger partial charge in [0.2, 0.25) is 11.8 Å². The third kappa shape index (κ3) is 5.44. The Morgan fingerprint density at radius 1 is 1.59 bits per heavy atom. The fraction of sp³-hybridized carbons (Fsp3) is 0.727. The first-order valence-corrected chi connectivity index (χ1v) is 5.85. The average Bonchev–Trinajstić information content (AvgIpc) is 2.72. The number of aliphatic hydroxyl groups is 1. The smallest absolute Gasteiger partial charge is 0.227 e. The Balaban J connectivity index is 2.13. The second kappa shape index (κ2) is 7.01. The molecule has 6 heteroatoms. The van der Waals surface area contributed by atoms with Gasteiger partial charge in [-0.15, -0.1) is 0 Å². The van der Waals surface area contributed by atoms with E-state index in [0.717, 1.165) is 0 Å². The van der Waals surface area contributed by atoms with Crippen LogP contribution in [0.1, 0.15) is 37.9 Å². The normalized spacial score (nSPS) is 12.4. The fourth-order valence-corrected chi connectivity index (χ4v) is 1.33. The number of aromatic nitrogens is 2. The number of nitrogens with one attached hydrogen (secondary N) is 1. The summed E-state index contributed by atoms with van der Waals surface area (Å²) in [6.45, 7) is 4.14. The molecule has 0 spiro atoms. The summed E-state index contributed by atoms with van der Waals surface area (Å²) in [5.41, 5.74) is 0. The highest BCUT2D eigenvalue weighted by atomic mass is 16.5. The topological polar surface area (TPSA) is 88.2 Å². The Hall–Kier alpha value is -1.43. The molecule has 0 saturated carbocycles. The van der Waals surface area contributed by atoms with E-state index in [-0.39, 0.29) is 12.0 Å². The van der Waals surface area contributed by atoms with E-state index in [1.165, 1.54) is 0 Å². The molecule has 0 saturated heterocycles. The van der Waals surface area contributed by atoms with E-state index in [1.807, 2.05) is 6.92 Å². The predicted molar refractivity (Wildman–Crippen MR) is 61.3 cm³/mol. The minimum atomic E-state index is -0.339. The van der Waals surface area contributed by atoms with Gasteiger partial charge >= 0.3 is 0 Å². The molecule has 6 nitrogen and oxygen atoms in total. The minimum absolute atomic E-state index is 0.0656. The summed E-state index contributed by atoms with van der Waals surface area (Å²) in [6, 6.07) is 0. The summed E-state index contributed by atoms with van der Waals surface area (Å²) in [6.07, 6.45) is 1.72. The second-order valence-electron chi connectivity index (χ2n) is 3.94. The molecule has 0 aliphatic heterocycles. The van der Waals surface area contributed by atoms with Crippen molar-refractivity contribution in [3.63, 3.8) is 0 Å². The van der Waals surface area contributed by atoms with Crippen LogP contribution in [0.4, 0.5) is 0 Å². The highest BCUT2D eigenvalue weighted by Gasteiger charge is 2.07. The lowest BCUT2D eigenvalue weighted by Crippen LogP contribution is -2.27. The van der Waals surface area contributed by atoms with Crippen molar-refractivity contribution in [3.8, 4) is 0 Å². The molecule has 1 amide bonds. The molecule has 0 aliphatic rings. The fourth-order valence-electron chi connectivity index (χ4n) is 1.33. The summed E-state index contributed by atoms with van der Waals surface area (Å²) in [4.78, 5) is 15.4. The van der Waals surface area contributed by atoms with Crippen LogP contribution in [0, 0.1) is 6.92 Å². The van der Waals surface area contributed by atoms with E-state index in [4.69, 9.17) is 4.52 Å². The predicted octanol–water partition coefficient (Wildman–Crippen LogP) is 0.588. The van der Waals surface area contributed by atoms with Gasteiger partial charge in [0.25, 0.3) is 0 Å². The van der Waals surface area contributed by atoms with Gasteiger partial charge in [0.15, 0.2) is 5.82 Å². The first kappa shape index (κ1) is 13.6. The SMILES string of the molecule is CCC(O)CCNC(=O)CCc1nc(C)no1. The van der Waals surface area contributed by atoms with Gasteiger partial charge in [-0.3, -0.25) is 4.79 Å². The number of nitrogens with zero attached hydrogens (tertiary/aromatic N) is 2. The Morgan fingerprint density at radius 3 is 2.94 bits per heavy atom. The molecule has 0 aromatic carbocycles. The quantitative estimate of drug-likeness (QED) is 0.729. The molecule has 0 radical (unpaired) electrons. The number of aryl methyl sites for hydroxylation is 2. The number of carbonyl (C=O) groups is 1. The maximum atomic E-state index is 11.4. The van der Waals surface area contributed by atoms with Crippen LogP contribution in [0.3, 0.4) is 0 Å². The monoisotopic (exact) mass is 241 g/mol. The zero-order valence-electron chi connectivity index (χ0n) is 10.3. The van der Waals surface area contributed by atoms with Gasteiger partial charge in [0.1, 0.15) is 0 Å². The van der Waals surface area contributed by atoms with Gasteiger partial charge in [-0.25, -0.2) is 0 Å². The van der Waals surface area contributed by atoms with Crippen LogP contribution in [0.2, 0.25) is 0 Å². The van der Waals surface area contributed by atoms with Crippen LogP contribution >= 0.6 is 0 Å². The van der Waals surface area contributed by atoms with Crippen LogP contribution in [0.5, 0.6) is 0 Å². The van der Waals surface area contributed by atoms with E-state index < -0.39 is 0 Å². The van der Waals surface area contributed by atoms with Crippen molar-refractivity contribution >= 4 is 5.91 Å². The lowest BCUT2D eigenvalue weighted by Gasteiger charge is -2.08. The second-order valence-corrected chi connectivity index (χ2v) is 3.94. The van der Waals surface area contributed by atoms with Gasteiger partial charge in [0, 0.05) is 19.4 Å². The maximum absolute atomic E-state index is 11.4. The number of amides is 1. The molecular formula is C11H19N3O3. The van der Waals surface area contributed by atoms with Crippen LogP contribution in [0.25, 0.3) is 0 Å². The Kier molecular flexibility index (Phi) is 5.62. The molecule has 1 aromatic heterocycles. The number of hydrogen-bond donors (Lipinski definition) is 2. The van der Waals surface area contributed by atoms with Crippen molar-refractivity contribution in [2.45, 2.75) is 45.6 Å². The molecule has 1 atom stereocenters. The zero-order chi connectivity index (χ0) is 12.7. The molecule has 96 valence electrons. The summed E-state index contributed by atoms with van der Waals surface area (Å²) in [5, 5.41) is 15.7. The number of rotatable bonds is 7. The highest BCUT2D eigenvalue weighted by Crippen LogP contribution is 2.00. The Morgan fingerprint density at radius 2 is 2.35 bits per heavy atom. The van der Waals surface area contributed by atoms with Crippen molar-refractivity contribution in [1.82, 2.24) is 15.5 Å². The third-order valence-corrected chi connectivity index (χ3v) is 2.41. The first-order valence-electron chi connectivity index (χ1n) is 5.85. The van der Waals surface area contributed by atoms with Crippen molar-refractivity contribution < 1.29 is 14.4 Å². The summed E-state index contributed by atoms with van der Waals surface area (Å²) in [5.74, 6) is 0.988. The third-order valence-electron chi connectivity index (χ3n) is 2.41. The Bertz CT molecular complexity index is 351. The van der Waals surface area contributed by atoms with E-state index in [1.54, 1.807) is 6.92 Å². The molecule has 0 bridgehead atoms. The number of carbonyl (C=O) groups excluding carboxylic acids is 1. The summed E-state index contributed by atoms with van der Waals surface area (Å²) < 4.78 is 4.89. The van der Waals surface area contributed by atoms with Crippen LogP contribution in [-0.4, -0.2) is 33.8 Å². The van der Waals surface area contributed by atoms with Crippen LogP contribution in [0.15, 0.2) is 4.52 Å². The molecule has 17 heavy (non-hydrogen) atoms.